The van der Waals surface area contributed by atoms with Crippen LogP contribution < -0.4 is 0 Å². The van der Waals surface area contributed by atoms with Gasteiger partial charge in [0.05, 0.1) is 6.07 Å². The van der Waals surface area contributed by atoms with Crippen molar-refractivity contribution in [2.45, 2.75) is 40.2 Å². The number of hydrogen-bond donors (Lipinski definition) is 0. The third kappa shape index (κ3) is 2.73. The highest BCUT2D eigenvalue weighted by molar-refractivity contribution is 5.84. The van der Waals surface area contributed by atoms with Crippen molar-refractivity contribution in [3.05, 3.63) is 0 Å². The van der Waals surface area contributed by atoms with Crippen molar-refractivity contribution in [2.24, 2.45) is 5.41 Å². The zero-order chi connectivity index (χ0) is 10.9. The van der Waals surface area contributed by atoms with Gasteiger partial charge in [-0.25, -0.2) is 0 Å². The Hall–Kier alpha value is -1.04. The Labute approximate surface area is 80.3 Å². The third-order valence-electron chi connectivity index (χ3n) is 2.13. The molecule has 0 radical (unpaired) electrons. The molecule has 0 unspecified atom stereocenters. The Morgan fingerprint density at radius 3 is 1.85 bits per heavy atom. The average Bonchev–Trinajstić information content (AvgIpc) is 2.00. The molecule has 0 spiro atoms. The minimum Gasteiger partial charge on any atom is -0.340 e. The highest BCUT2D eigenvalue weighted by Gasteiger charge is 2.34. The second-order valence-electron chi connectivity index (χ2n) is 4.77. The summed E-state index contributed by atoms with van der Waals surface area (Å²) in [6.07, 6.45) is 0. The molecule has 1 amide bonds. The Bertz CT molecular complexity index is 243. The SMILES string of the molecule is CN(C(=O)C(C)(C)C#N)C(C)(C)C. The summed E-state index contributed by atoms with van der Waals surface area (Å²) in [5, 5.41) is 8.78. The van der Waals surface area contributed by atoms with E-state index >= 15 is 0 Å². The molecule has 0 aromatic heterocycles. The van der Waals surface area contributed by atoms with Gasteiger partial charge in [-0.05, 0) is 34.6 Å². The summed E-state index contributed by atoms with van der Waals surface area (Å²) in [4.78, 5) is 13.4. The van der Waals surface area contributed by atoms with Gasteiger partial charge in [0.1, 0.15) is 5.41 Å². The maximum atomic E-state index is 11.7. The van der Waals surface area contributed by atoms with Crippen molar-refractivity contribution in [1.82, 2.24) is 4.90 Å². The van der Waals surface area contributed by atoms with Crippen molar-refractivity contribution < 1.29 is 4.79 Å². The van der Waals surface area contributed by atoms with Crippen LogP contribution in [0, 0.1) is 16.7 Å². The zero-order valence-electron chi connectivity index (χ0n) is 9.30. The van der Waals surface area contributed by atoms with Crippen LogP contribution in [0.4, 0.5) is 0 Å². The molecule has 0 aromatic rings. The average molecular weight is 182 g/mol. The molecule has 3 heteroatoms. The molecule has 0 heterocycles. The molecule has 0 aliphatic heterocycles. The lowest BCUT2D eigenvalue weighted by atomic mass is 9.91. The van der Waals surface area contributed by atoms with E-state index in [4.69, 9.17) is 5.26 Å². The topological polar surface area (TPSA) is 44.1 Å². The summed E-state index contributed by atoms with van der Waals surface area (Å²) in [5.41, 5.74) is -1.16. The van der Waals surface area contributed by atoms with Gasteiger partial charge in [-0.3, -0.25) is 4.79 Å². The van der Waals surface area contributed by atoms with Gasteiger partial charge in [-0.15, -0.1) is 0 Å². The number of nitrogens with zero attached hydrogens (tertiary/aromatic N) is 2. The van der Waals surface area contributed by atoms with Crippen LogP contribution in [0.5, 0.6) is 0 Å². The van der Waals surface area contributed by atoms with E-state index < -0.39 is 5.41 Å². The van der Waals surface area contributed by atoms with Crippen molar-refractivity contribution in [1.29, 1.82) is 5.26 Å². The molecule has 13 heavy (non-hydrogen) atoms. The van der Waals surface area contributed by atoms with E-state index in [2.05, 4.69) is 0 Å². The molecule has 0 aliphatic rings. The number of rotatable bonds is 1. The van der Waals surface area contributed by atoms with Crippen LogP contribution in [0.15, 0.2) is 0 Å². The van der Waals surface area contributed by atoms with Crippen LogP contribution in [0.2, 0.25) is 0 Å². The molecule has 0 bridgehead atoms. The van der Waals surface area contributed by atoms with Gasteiger partial charge in [0.2, 0.25) is 5.91 Å². The van der Waals surface area contributed by atoms with E-state index in [1.165, 1.54) is 0 Å². The zero-order valence-corrected chi connectivity index (χ0v) is 9.30. The molecule has 0 N–H and O–H groups in total. The standard InChI is InChI=1S/C10H18N2O/c1-9(2,3)12(6)8(13)10(4,5)7-11/h1-6H3. The van der Waals surface area contributed by atoms with E-state index in [9.17, 15) is 4.79 Å². The van der Waals surface area contributed by atoms with E-state index in [0.29, 0.717) is 0 Å². The first-order valence-corrected chi connectivity index (χ1v) is 4.32. The predicted molar refractivity (Wildman–Crippen MR) is 51.9 cm³/mol. The number of nitriles is 1. The molecule has 0 atom stereocenters. The number of amides is 1. The molecule has 74 valence electrons. The maximum absolute atomic E-state index is 11.7. The van der Waals surface area contributed by atoms with E-state index in [0.717, 1.165) is 0 Å². The number of carbonyl (C=O) groups excluding carboxylic acids is 1. The van der Waals surface area contributed by atoms with Gasteiger partial charge in [0, 0.05) is 12.6 Å². The molecule has 3 nitrogen and oxygen atoms in total. The normalized spacial score (nSPS) is 12.1. The van der Waals surface area contributed by atoms with Crippen LogP contribution in [0.25, 0.3) is 0 Å². The highest BCUT2D eigenvalue weighted by atomic mass is 16.2. The molecular formula is C10H18N2O. The molecule has 0 saturated carbocycles. The lowest BCUT2D eigenvalue weighted by Crippen LogP contribution is -2.47. The lowest BCUT2D eigenvalue weighted by molar-refractivity contribution is -0.140. The van der Waals surface area contributed by atoms with Crippen LogP contribution in [-0.2, 0) is 4.79 Å². The monoisotopic (exact) mass is 182 g/mol. The smallest absolute Gasteiger partial charge is 0.242 e. The van der Waals surface area contributed by atoms with Gasteiger partial charge in [0.15, 0.2) is 0 Å². The van der Waals surface area contributed by atoms with E-state index in [-0.39, 0.29) is 11.4 Å². The largest absolute Gasteiger partial charge is 0.340 e. The van der Waals surface area contributed by atoms with Crippen molar-refractivity contribution in [3.8, 4) is 6.07 Å². The fourth-order valence-corrected chi connectivity index (χ4v) is 0.772. The fourth-order valence-electron chi connectivity index (χ4n) is 0.772. The summed E-state index contributed by atoms with van der Waals surface area (Å²) in [5.74, 6) is -0.137. The quantitative estimate of drug-likeness (QED) is 0.620. The van der Waals surface area contributed by atoms with E-state index in [1.807, 2.05) is 26.8 Å². The third-order valence-corrected chi connectivity index (χ3v) is 2.13. The minimum absolute atomic E-state index is 0.137. The molecule has 0 fully saturated rings. The highest BCUT2D eigenvalue weighted by Crippen LogP contribution is 2.21. The van der Waals surface area contributed by atoms with Gasteiger partial charge < -0.3 is 4.90 Å². The Morgan fingerprint density at radius 1 is 1.23 bits per heavy atom. The second kappa shape index (κ2) is 3.37. The molecular weight excluding hydrogens is 164 g/mol. The van der Waals surface area contributed by atoms with Gasteiger partial charge in [0.25, 0.3) is 0 Å². The second-order valence-corrected chi connectivity index (χ2v) is 4.77. The first-order valence-electron chi connectivity index (χ1n) is 4.32. The van der Waals surface area contributed by atoms with Crippen molar-refractivity contribution >= 4 is 5.91 Å². The van der Waals surface area contributed by atoms with Crippen molar-refractivity contribution in [3.63, 3.8) is 0 Å². The minimum atomic E-state index is -0.929. The summed E-state index contributed by atoms with van der Waals surface area (Å²) >= 11 is 0. The van der Waals surface area contributed by atoms with Crippen LogP contribution in [0.3, 0.4) is 0 Å². The first-order chi connectivity index (χ1) is 5.63. The predicted octanol–water partition coefficient (Wildman–Crippen LogP) is 1.79. The maximum Gasteiger partial charge on any atom is 0.242 e. The van der Waals surface area contributed by atoms with E-state index in [1.54, 1.807) is 25.8 Å². The lowest BCUT2D eigenvalue weighted by Gasteiger charge is -2.35. The Morgan fingerprint density at radius 2 is 1.62 bits per heavy atom. The van der Waals surface area contributed by atoms with Crippen molar-refractivity contribution in [2.75, 3.05) is 7.05 Å². The molecule has 0 aliphatic carbocycles. The number of hydrogen-bond acceptors (Lipinski definition) is 2. The van der Waals surface area contributed by atoms with Crippen LogP contribution in [-0.4, -0.2) is 23.4 Å². The Balaban J connectivity index is 4.76. The number of carbonyl (C=O) groups is 1. The summed E-state index contributed by atoms with van der Waals surface area (Å²) in [6.45, 7) is 9.10. The van der Waals surface area contributed by atoms with Crippen LogP contribution >= 0.6 is 0 Å². The fraction of sp³-hybridized carbons (Fsp3) is 0.800. The van der Waals surface area contributed by atoms with Gasteiger partial charge in [-0.1, -0.05) is 0 Å². The van der Waals surface area contributed by atoms with Gasteiger partial charge in [-0.2, -0.15) is 5.26 Å². The molecule has 0 aromatic carbocycles. The molecule has 0 rings (SSSR count). The van der Waals surface area contributed by atoms with Gasteiger partial charge >= 0.3 is 0 Å². The van der Waals surface area contributed by atoms with Crippen LogP contribution in [0.1, 0.15) is 34.6 Å². The summed E-state index contributed by atoms with van der Waals surface area (Å²) in [6, 6.07) is 2.00. The first kappa shape index (κ1) is 12.0. The molecule has 0 saturated heterocycles. The Kier molecular flexibility index (Phi) is 3.10. The summed E-state index contributed by atoms with van der Waals surface area (Å²) in [7, 11) is 1.72. The summed E-state index contributed by atoms with van der Waals surface area (Å²) < 4.78 is 0.